The quantitative estimate of drug-likeness (QED) is 0.675. The number of hydrogen-bond donors (Lipinski definition) is 2. The van der Waals surface area contributed by atoms with Gasteiger partial charge in [0.05, 0.1) is 11.3 Å². The first-order valence-electron chi connectivity index (χ1n) is 4.88. The predicted molar refractivity (Wildman–Crippen MR) is 58.8 cm³/mol. The molecule has 0 spiro atoms. The van der Waals surface area contributed by atoms with Crippen LogP contribution in [0, 0.1) is 0 Å². The molecule has 0 aliphatic carbocycles. The minimum absolute atomic E-state index is 0.00509. The van der Waals surface area contributed by atoms with E-state index in [0.717, 1.165) is 22.5 Å². The lowest BCUT2D eigenvalue weighted by atomic mass is 10.0. The number of fused-ring (bicyclic) bond motifs is 3. The molecule has 76 valence electrons. The number of H-pyrrole nitrogens is 1. The molecule has 4 heteroatoms. The summed E-state index contributed by atoms with van der Waals surface area (Å²) < 4.78 is 1.79. The lowest BCUT2D eigenvalue weighted by Gasteiger charge is -2.18. The van der Waals surface area contributed by atoms with E-state index < -0.39 is 0 Å². The molecule has 0 saturated heterocycles. The Bertz CT molecular complexity index is 580. The first-order chi connectivity index (χ1) is 7.27. The molecule has 0 radical (unpaired) electrons. The fourth-order valence-electron chi connectivity index (χ4n) is 2.12. The summed E-state index contributed by atoms with van der Waals surface area (Å²) in [6.45, 7) is 0.600. The van der Waals surface area contributed by atoms with Crippen LogP contribution >= 0.6 is 0 Å². The molecule has 0 saturated carbocycles. The summed E-state index contributed by atoms with van der Waals surface area (Å²) in [6.07, 6.45) is 0. The maximum absolute atomic E-state index is 11.6. The van der Waals surface area contributed by atoms with Crippen LogP contribution in [0.2, 0.25) is 0 Å². The van der Waals surface area contributed by atoms with Crippen molar-refractivity contribution in [1.82, 2.24) is 9.78 Å². The number of nitrogens with one attached hydrogen (secondary N) is 2. The van der Waals surface area contributed by atoms with E-state index in [-0.39, 0.29) is 5.56 Å². The molecule has 0 bridgehead atoms. The van der Waals surface area contributed by atoms with Crippen LogP contribution in [0.5, 0.6) is 0 Å². The van der Waals surface area contributed by atoms with Crippen LogP contribution in [0.1, 0.15) is 5.56 Å². The van der Waals surface area contributed by atoms with Crippen LogP contribution in [-0.2, 0) is 13.6 Å². The van der Waals surface area contributed by atoms with Gasteiger partial charge in [0, 0.05) is 24.8 Å². The number of rotatable bonds is 0. The molecule has 2 N–H and O–H groups in total. The third-order valence-corrected chi connectivity index (χ3v) is 2.80. The lowest BCUT2D eigenvalue weighted by molar-refractivity contribution is 0.764. The number of anilines is 1. The minimum atomic E-state index is -0.00509. The second kappa shape index (κ2) is 2.76. The fraction of sp³-hybridized carbons (Fsp3) is 0.182. The second-order valence-corrected chi connectivity index (χ2v) is 3.73. The van der Waals surface area contributed by atoms with E-state index in [0.29, 0.717) is 6.54 Å². The highest BCUT2D eigenvalue weighted by Crippen LogP contribution is 2.32. The Labute approximate surface area is 86.5 Å². The van der Waals surface area contributed by atoms with Crippen molar-refractivity contribution in [2.24, 2.45) is 7.05 Å². The van der Waals surface area contributed by atoms with Crippen molar-refractivity contribution in [3.8, 4) is 11.3 Å². The lowest BCUT2D eigenvalue weighted by Crippen LogP contribution is -2.14. The molecule has 0 amide bonds. The molecular formula is C11H11N3O. The third kappa shape index (κ3) is 1.05. The van der Waals surface area contributed by atoms with Crippen LogP contribution in [-0.4, -0.2) is 9.78 Å². The van der Waals surface area contributed by atoms with Gasteiger partial charge in [-0.1, -0.05) is 18.2 Å². The second-order valence-electron chi connectivity index (χ2n) is 3.73. The molecule has 4 nitrogen and oxygen atoms in total. The molecule has 0 atom stereocenters. The maximum atomic E-state index is 11.6. The zero-order valence-corrected chi connectivity index (χ0v) is 8.37. The number of benzene rings is 1. The van der Waals surface area contributed by atoms with E-state index >= 15 is 0 Å². The van der Waals surface area contributed by atoms with Crippen molar-refractivity contribution in [1.29, 1.82) is 0 Å². The highest BCUT2D eigenvalue weighted by atomic mass is 16.1. The fourth-order valence-corrected chi connectivity index (χ4v) is 2.12. The molecule has 3 rings (SSSR count). The Balaban J connectivity index is 2.38. The predicted octanol–water partition coefficient (Wildman–Crippen LogP) is 1.31. The summed E-state index contributed by atoms with van der Waals surface area (Å²) in [7, 11) is 1.86. The first-order valence-corrected chi connectivity index (χ1v) is 4.88. The summed E-state index contributed by atoms with van der Waals surface area (Å²) in [4.78, 5) is 11.6. The van der Waals surface area contributed by atoms with Gasteiger partial charge in [-0.3, -0.25) is 14.6 Å². The Hall–Kier alpha value is -1.97. The molecule has 2 aromatic rings. The Morgan fingerprint density at radius 3 is 3.00 bits per heavy atom. The summed E-state index contributed by atoms with van der Waals surface area (Å²) >= 11 is 0. The number of para-hydroxylation sites is 1. The summed E-state index contributed by atoms with van der Waals surface area (Å²) in [5, 5.41) is 6.02. The van der Waals surface area contributed by atoms with E-state index in [1.54, 1.807) is 4.68 Å². The van der Waals surface area contributed by atoms with Gasteiger partial charge < -0.3 is 5.32 Å². The zero-order valence-electron chi connectivity index (χ0n) is 8.37. The van der Waals surface area contributed by atoms with Gasteiger partial charge in [-0.25, -0.2) is 0 Å². The minimum Gasteiger partial charge on any atom is -0.380 e. The molecule has 0 unspecified atom stereocenters. The number of aryl methyl sites for hydroxylation is 1. The van der Waals surface area contributed by atoms with Gasteiger partial charge in [-0.2, -0.15) is 0 Å². The summed E-state index contributed by atoms with van der Waals surface area (Å²) in [5.41, 5.74) is 3.97. The monoisotopic (exact) mass is 201 g/mol. The first kappa shape index (κ1) is 8.35. The normalized spacial score (nSPS) is 12.9. The summed E-state index contributed by atoms with van der Waals surface area (Å²) in [5.74, 6) is 0. The molecule has 0 fully saturated rings. The van der Waals surface area contributed by atoms with Gasteiger partial charge >= 0.3 is 0 Å². The number of aromatic amines is 1. The Kier molecular flexibility index (Phi) is 1.54. The molecular weight excluding hydrogens is 190 g/mol. The zero-order chi connectivity index (χ0) is 10.4. The van der Waals surface area contributed by atoms with Crippen molar-refractivity contribution in [2.75, 3.05) is 5.32 Å². The highest BCUT2D eigenvalue weighted by Gasteiger charge is 2.21. The van der Waals surface area contributed by atoms with Crippen LogP contribution in [0.25, 0.3) is 11.3 Å². The average molecular weight is 201 g/mol. The molecule has 2 heterocycles. The molecule has 1 aliphatic rings. The summed E-state index contributed by atoms with van der Waals surface area (Å²) in [6, 6.07) is 8.01. The van der Waals surface area contributed by atoms with Gasteiger partial charge in [-0.15, -0.1) is 0 Å². The van der Waals surface area contributed by atoms with Gasteiger partial charge in [0.15, 0.2) is 0 Å². The Morgan fingerprint density at radius 2 is 2.13 bits per heavy atom. The number of hydrogen-bond acceptors (Lipinski definition) is 2. The number of aromatic nitrogens is 2. The van der Waals surface area contributed by atoms with Crippen LogP contribution in [0.3, 0.4) is 0 Å². The van der Waals surface area contributed by atoms with Crippen molar-refractivity contribution in [2.45, 2.75) is 6.54 Å². The SMILES string of the molecule is Cn1[nH]c(=O)c2c1-c1ccccc1NC2. The van der Waals surface area contributed by atoms with Gasteiger partial charge in [0.25, 0.3) is 5.56 Å². The standard InChI is InChI=1S/C11H11N3O/c1-14-10-7-4-2-3-5-9(7)12-6-8(10)11(15)13-14/h2-5,12H,6H2,1H3,(H,13,15). The van der Waals surface area contributed by atoms with E-state index in [1.807, 2.05) is 31.3 Å². The third-order valence-electron chi connectivity index (χ3n) is 2.80. The van der Waals surface area contributed by atoms with Crippen molar-refractivity contribution >= 4 is 5.69 Å². The molecule has 1 aromatic heterocycles. The molecule has 1 aliphatic heterocycles. The van der Waals surface area contributed by atoms with Gasteiger partial charge in [0.1, 0.15) is 0 Å². The average Bonchev–Trinajstić information content (AvgIpc) is 2.55. The molecule has 1 aromatic carbocycles. The van der Waals surface area contributed by atoms with Crippen molar-refractivity contribution in [3.63, 3.8) is 0 Å². The van der Waals surface area contributed by atoms with E-state index in [2.05, 4.69) is 10.4 Å². The van der Waals surface area contributed by atoms with E-state index in [9.17, 15) is 4.79 Å². The van der Waals surface area contributed by atoms with Crippen LogP contribution in [0.4, 0.5) is 5.69 Å². The smallest absolute Gasteiger partial charge is 0.269 e. The van der Waals surface area contributed by atoms with Crippen LogP contribution in [0.15, 0.2) is 29.1 Å². The topological polar surface area (TPSA) is 49.8 Å². The largest absolute Gasteiger partial charge is 0.380 e. The van der Waals surface area contributed by atoms with Gasteiger partial charge in [-0.05, 0) is 6.07 Å². The highest BCUT2D eigenvalue weighted by molar-refractivity contribution is 5.80. The molecule has 15 heavy (non-hydrogen) atoms. The van der Waals surface area contributed by atoms with Crippen LogP contribution < -0.4 is 10.9 Å². The van der Waals surface area contributed by atoms with Crippen molar-refractivity contribution < 1.29 is 0 Å². The van der Waals surface area contributed by atoms with E-state index in [4.69, 9.17) is 0 Å². The van der Waals surface area contributed by atoms with Gasteiger partial charge in [0.2, 0.25) is 0 Å². The Morgan fingerprint density at radius 1 is 1.33 bits per heavy atom. The maximum Gasteiger partial charge on any atom is 0.269 e. The van der Waals surface area contributed by atoms with Crippen molar-refractivity contribution in [3.05, 3.63) is 40.2 Å². The number of nitrogens with zero attached hydrogens (tertiary/aromatic N) is 1. The van der Waals surface area contributed by atoms with E-state index in [1.165, 1.54) is 0 Å².